The van der Waals surface area contributed by atoms with Crippen LogP contribution in [0.5, 0.6) is 0 Å². The van der Waals surface area contributed by atoms with Gasteiger partial charge in [0.25, 0.3) is 0 Å². The summed E-state index contributed by atoms with van der Waals surface area (Å²) in [7, 11) is 0. The zero-order valence-electron chi connectivity index (χ0n) is 9.06. The van der Waals surface area contributed by atoms with Crippen LogP contribution in [-0.4, -0.2) is 19.1 Å². The van der Waals surface area contributed by atoms with Gasteiger partial charge < -0.3 is 4.90 Å². The van der Waals surface area contributed by atoms with Gasteiger partial charge in [0.05, 0.1) is 19.1 Å². The van der Waals surface area contributed by atoms with Gasteiger partial charge in [-0.25, -0.2) is 0 Å². The van der Waals surface area contributed by atoms with Gasteiger partial charge >= 0.3 is 0 Å². The van der Waals surface area contributed by atoms with Gasteiger partial charge in [0.15, 0.2) is 0 Å². The molecule has 1 aliphatic rings. The molecule has 3 unspecified atom stereocenters. The van der Waals surface area contributed by atoms with E-state index >= 15 is 0 Å². The highest BCUT2D eigenvalue weighted by molar-refractivity contribution is 4.65. The van der Waals surface area contributed by atoms with Gasteiger partial charge in [-0.2, -0.15) is 0 Å². The Morgan fingerprint density at radius 3 is 2.50 bits per heavy atom. The van der Waals surface area contributed by atoms with Crippen molar-refractivity contribution in [3.8, 4) is 0 Å². The summed E-state index contributed by atoms with van der Waals surface area (Å²) < 4.78 is 0. The van der Waals surface area contributed by atoms with Crippen LogP contribution < -0.4 is 4.90 Å². The van der Waals surface area contributed by atoms with Gasteiger partial charge in [-0.05, 0) is 26.7 Å². The van der Waals surface area contributed by atoms with E-state index in [-0.39, 0.29) is 0 Å². The summed E-state index contributed by atoms with van der Waals surface area (Å²) in [6, 6.07) is 0.821. The van der Waals surface area contributed by atoms with Crippen molar-refractivity contribution in [3.05, 3.63) is 0 Å². The quantitative estimate of drug-likeness (QED) is 0.638. The molecule has 1 saturated heterocycles. The first-order chi connectivity index (χ1) is 5.63. The lowest BCUT2D eigenvalue weighted by atomic mass is 9.88. The molecule has 0 spiro atoms. The topological polar surface area (TPSA) is 4.44 Å². The van der Waals surface area contributed by atoms with Crippen LogP contribution in [0.15, 0.2) is 0 Å². The van der Waals surface area contributed by atoms with E-state index in [1.807, 2.05) is 4.90 Å². The van der Waals surface area contributed by atoms with Crippen molar-refractivity contribution in [2.75, 3.05) is 13.1 Å². The highest BCUT2D eigenvalue weighted by atomic mass is 15.2. The molecule has 1 N–H and O–H groups in total. The molecule has 1 heterocycles. The predicted octanol–water partition coefficient (Wildman–Crippen LogP) is 1.35. The summed E-state index contributed by atoms with van der Waals surface area (Å²) in [6.45, 7) is 12.2. The summed E-state index contributed by atoms with van der Waals surface area (Å²) in [5.74, 6) is 1.94. The molecule has 1 fully saturated rings. The Kier molecular flexibility index (Phi) is 3.57. The summed E-state index contributed by atoms with van der Waals surface area (Å²) in [5.41, 5.74) is 0. The molecule has 0 aromatic rings. The fourth-order valence-electron chi connectivity index (χ4n) is 2.42. The lowest BCUT2D eigenvalue weighted by molar-refractivity contribution is -0.933. The standard InChI is InChI=1S/C11H23N/c1-5-11-6-10(4)7-12(8-11)9(2)3/h9-11H,5-8H2,1-4H3/p+1. The van der Waals surface area contributed by atoms with Crippen molar-refractivity contribution in [2.45, 2.75) is 46.6 Å². The molecule has 72 valence electrons. The third kappa shape index (κ3) is 2.48. The average molecular weight is 170 g/mol. The number of rotatable bonds is 2. The van der Waals surface area contributed by atoms with Crippen LogP contribution in [0, 0.1) is 11.8 Å². The third-order valence-corrected chi connectivity index (χ3v) is 3.29. The summed E-state index contributed by atoms with van der Waals surface area (Å²) in [5, 5.41) is 0. The van der Waals surface area contributed by atoms with Crippen LogP contribution in [0.2, 0.25) is 0 Å². The predicted molar refractivity (Wildman–Crippen MR) is 53.4 cm³/mol. The van der Waals surface area contributed by atoms with Crippen LogP contribution >= 0.6 is 0 Å². The van der Waals surface area contributed by atoms with Gasteiger partial charge in [-0.15, -0.1) is 0 Å². The Morgan fingerprint density at radius 2 is 2.00 bits per heavy atom. The molecule has 1 heteroatoms. The fraction of sp³-hybridized carbons (Fsp3) is 1.00. The van der Waals surface area contributed by atoms with Crippen LogP contribution in [-0.2, 0) is 0 Å². The number of hydrogen-bond donors (Lipinski definition) is 1. The van der Waals surface area contributed by atoms with Gasteiger partial charge in [0.1, 0.15) is 0 Å². The van der Waals surface area contributed by atoms with E-state index in [1.165, 1.54) is 25.9 Å². The van der Waals surface area contributed by atoms with Gasteiger partial charge in [0, 0.05) is 11.8 Å². The van der Waals surface area contributed by atoms with Gasteiger partial charge in [-0.1, -0.05) is 13.8 Å². The van der Waals surface area contributed by atoms with Crippen molar-refractivity contribution < 1.29 is 4.90 Å². The van der Waals surface area contributed by atoms with Crippen molar-refractivity contribution in [1.29, 1.82) is 0 Å². The van der Waals surface area contributed by atoms with Gasteiger partial charge in [0.2, 0.25) is 0 Å². The van der Waals surface area contributed by atoms with Crippen molar-refractivity contribution in [1.82, 2.24) is 0 Å². The van der Waals surface area contributed by atoms with Gasteiger partial charge in [-0.3, -0.25) is 0 Å². The van der Waals surface area contributed by atoms with E-state index in [4.69, 9.17) is 0 Å². The lowest BCUT2D eigenvalue weighted by Gasteiger charge is -2.35. The zero-order valence-corrected chi connectivity index (χ0v) is 9.06. The number of hydrogen-bond acceptors (Lipinski definition) is 0. The molecule has 3 atom stereocenters. The normalized spacial score (nSPS) is 37.2. The maximum Gasteiger partial charge on any atom is 0.0817 e. The number of piperidine rings is 1. The van der Waals surface area contributed by atoms with Crippen LogP contribution in [0.25, 0.3) is 0 Å². The Bertz CT molecular complexity index is 131. The second kappa shape index (κ2) is 4.27. The summed E-state index contributed by atoms with van der Waals surface area (Å²) in [6.07, 6.45) is 2.84. The maximum atomic E-state index is 2.41. The summed E-state index contributed by atoms with van der Waals surface area (Å²) >= 11 is 0. The molecule has 12 heavy (non-hydrogen) atoms. The molecule has 0 amide bonds. The molecule has 0 radical (unpaired) electrons. The van der Waals surface area contributed by atoms with Crippen LogP contribution in [0.4, 0.5) is 0 Å². The molecular weight excluding hydrogens is 146 g/mol. The Morgan fingerprint density at radius 1 is 1.33 bits per heavy atom. The molecule has 1 nitrogen and oxygen atoms in total. The SMILES string of the molecule is CCC1CC(C)C[NH+](C(C)C)C1. The Balaban J connectivity index is 2.45. The van der Waals surface area contributed by atoms with Crippen molar-refractivity contribution >= 4 is 0 Å². The first-order valence-electron chi connectivity index (χ1n) is 5.48. The van der Waals surface area contributed by atoms with E-state index in [2.05, 4.69) is 27.7 Å². The second-order valence-corrected chi connectivity index (χ2v) is 4.84. The molecule has 0 saturated carbocycles. The minimum atomic E-state index is 0.821. The van der Waals surface area contributed by atoms with E-state index in [9.17, 15) is 0 Å². The molecule has 0 bridgehead atoms. The summed E-state index contributed by atoms with van der Waals surface area (Å²) in [4.78, 5) is 1.82. The first kappa shape index (κ1) is 10.0. The van der Waals surface area contributed by atoms with E-state index in [1.54, 1.807) is 0 Å². The zero-order chi connectivity index (χ0) is 9.14. The van der Waals surface area contributed by atoms with Crippen molar-refractivity contribution in [2.24, 2.45) is 11.8 Å². The molecule has 0 aliphatic carbocycles. The van der Waals surface area contributed by atoms with E-state index in [0.29, 0.717) is 0 Å². The molecule has 1 aliphatic heterocycles. The number of quaternary nitrogens is 1. The minimum absolute atomic E-state index is 0.821. The molecular formula is C11H24N+. The Labute approximate surface area is 77.1 Å². The lowest BCUT2D eigenvalue weighted by Crippen LogP contribution is -3.17. The smallest absolute Gasteiger partial charge is 0.0817 e. The maximum absolute atomic E-state index is 2.41. The largest absolute Gasteiger partial charge is 0.333 e. The number of nitrogens with one attached hydrogen (secondary N) is 1. The highest BCUT2D eigenvalue weighted by Gasteiger charge is 2.27. The molecule has 1 rings (SSSR count). The Hall–Kier alpha value is -0.0400. The fourth-order valence-corrected chi connectivity index (χ4v) is 2.42. The monoisotopic (exact) mass is 170 g/mol. The highest BCUT2D eigenvalue weighted by Crippen LogP contribution is 2.16. The molecule has 0 aromatic carbocycles. The number of likely N-dealkylation sites (tertiary alicyclic amines) is 1. The van der Waals surface area contributed by atoms with Crippen molar-refractivity contribution in [3.63, 3.8) is 0 Å². The molecule has 0 aromatic heterocycles. The third-order valence-electron chi connectivity index (χ3n) is 3.29. The average Bonchev–Trinajstić information content (AvgIpc) is 2.03. The van der Waals surface area contributed by atoms with E-state index < -0.39 is 0 Å². The van der Waals surface area contributed by atoms with E-state index in [0.717, 1.165) is 17.9 Å². The first-order valence-corrected chi connectivity index (χ1v) is 5.48. The van der Waals surface area contributed by atoms with Crippen LogP contribution in [0.1, 0.15) is 40.5 Å². The second-order valence-electron chi connectivity index (χ2n) is 4.84. The minimum Gasteiger partial charge on any atom is -0.333 e. The van der Waals surface area contributed by atoms with Crippen LogP contribution in [0.3, 0.4) is 0 Å².